The van der Waals surface area contributed by atoms with Crippen LogP contribution in [0.2, 0.25) is 0 Å². The molecule has 0 aliphatic heterocycles. The van der Waals surface area contributed by atoms with E-state index < -0.39 is 11.9 Å². The van der Waals surface area contributed by atoms with E-state index in [9.17, 15) is 9.59 Å². The molecule has 0 aromatic rings. The van der Waals surface area contributed by atoms with Crippen LogP contribution in [-0.4, -0.2) is 42.1 Å². The van der Waals surface area contributed by atoms with E-state index in [-0.39, 0.29) is 12.6 Å². The highest BCUT2D eigenvalue weighted by Gasteiger charge is 2.14. The average Bonchev–Trinajstić information content (AvgIpc) is 2.21. The minimum atomic E-state index is -0.898. The summed E-state index contributed by atoms with van der Waals surface area (Å²) >= 11 is 0. The van der Waals surface area contributed by atoms with Gasteiger partial charge < -0.3 is 15.3 Å². The number of carbonyl (C=O) groups is 2. The molecule has 0 aromatic carbocycles. The minimum absolute atomic E-state index is 0.167. The minimum Gasteiger partial charge on any atom is -0.481 e. The Labute approximate surface area is 96.8 Å². The lowest BCUT2D eigenvalue weighted by Gasteiger charge is -2.19. The van der Waals surface area contributed by atoms with Gasteiger partial charge in [-0.25, -0.2) is 4.79 Å². The van der Waals surface area contributed by atoms with Crippen molar-refractivity contribution in [1.82, 2.24) is 10.2 Å². The van der Waals surface area contributed by atoms with Crippen LogP contribution in [0.4, 0.5) is 4.79 Å². The third-order valence-corrected chi connectivity index (χ3v) is 2.37. The number of carboxylic acid groups (broad SMARTS) is 1. The number of carboxylic acids is 1. The first-order valence-electron chi connectivity index (χ1n) is 5.56. The van der Waals surface area contributed by atoms with Crippen LogP contribution in [0, 0.1) is 11.8 Å². The molecule has 16 heavy (non-hydrogen) atoms. The number of nitrogens with zero attached hydrogens (tertiary/aromatic N) is 1. The predicted octanol–water partition coefficient (Wildman–Crippen LogP) is 1.39. The van der Waals surface area contributed by atoms with Crippen LogP contribution in [0.3, 0.4) is 0 Å². The molecule has 94 valence electrons. The summed E-state index contributed by atoms with van der Waals surface area (Å²) in [5.41, 5.74) is 0. The van der Waals surface area contributed by atoms with Gasteiger partial charge in [-0.2, -0.15) is 0 Å². The molecule has 0 bridgehead atoms. The zero-order valence-electron chi connectivity index (χ0n) is 10.5. The number of urea groups is 1. The summed E-state index contributed by atoms with van der Waals surface area (Å²) in [5.74, 6) is -0.902. The number of nitrogens with one attached hydrogen (secondary N) is 1. The molecule has 5 heteroatoms. The molecule has 2 amide bonds. The Morgan fingerprint density at radius 1 is 1.31 bits per heavy atom. The van der Waals surface area contributed by atoms with E-state index in [0.29, 0.717) is 12.5 Å². The average molecular weight is 230 g/mol. The van der Waals surface area contributed by atoms with Crippen molar-refractivity contribution in [2.75, 3.05) is 20.1 Å². The van der Waals surface area contributed by atoms with Crippen molar-refractivity contribution in [3.8, 4) is 0 Å². The first-order valence-corrected chi connectivity index (χ1v) is 5.56. The van der Waals surface area contributed by atoms with Gasteiger partial charge in [0.05, 0.1) is 5.92 Å². The summed E-state index contributed by atoms with van der Waals surface area (Å²) in [6, 6.07) is -0.214. The number of hydrogen-bond donors (Lipinski definition) is 2. The van der Waals surface area contributed by atoms with Crippen molar-refractivity contribution in [2.45, 2.75) is 27.2 Å². The van der Waals surface area contributed by atoms with Crippen LogP contribution in [0.1, 0.15) is 27.2 Å². The Balaban J connectivity index is 3.83. The van der Waals surface area contributed by atoms with Crippen LogP contribution in [0.5, 0.6) is 0 Å². The summed E-state index contributed by atoms with van der Waals surface area (Å²) in [6.07, 6.45) is 0.943. The topological polar surface area (TPSA) is 69.6 Å². The molecule has 0 fully saturated rings. The smallest absolute Gasteiger partial charge is 0.317 e. The molecule has 5 nitrogen and oxygen atoms in total. The van der Waals surface area contributed by atoms with Gasteiger partial charge in [0.2, 0.25) is 0 Å². The molecule has 0 aromatic heterocycles. The van der Waals surface area contributed by atoms with Gasteiger partial charge in [0, 0.05) is 20.1 Å². The standard InChI is InChI=1S/C11H22N2O3/c1-8(2)5-6-13(4)11(16)12-7-9(3)10(14)15/h8-9H,5-7H2,1-4H3,(H,12,16)(H,14,15). The fourth-order valence-electron chi connectivity index (χ4n) is 1.02. The molecule has 0 aliphatic carbocycles. The maximum atomic E-state index is 11.5. The molecule has 0 spiro atoms. The van der Waals surface area contributed by atoms with Crippen LogP contribution in [0.25, 0.3) is 0 Å². The van der Waals surface area contributed by atoms with E-state index in [4.69, 9.17) is 5.11 Å². The van der Waals surface area contributed by atoms with Crippen LogP contribution in [-0.2, 0) is 4.79 Å². The Kier molecular flexibility index (Phi) is 6.53. The number of carbonyl (C=O) groups excluding carboxylic acids is 1. The lowest BCUT2D eigenvalue weighted by molar-refractivity contribution is -0.140. The fraction of sp³-hybridized carbons (Fsp3) is 0.818. The van der Waals surface area contributed by atoms with Crippen molar-refractivity contribution in [2.24, 2.45) is 11.8 Å². The summed E-state index contributed by atoms with van der Waals surface area (Å²) in [5, 5.41) is 11.2. The van der Waals surface area contributed by atoms with Gasteiger partial charge in [-0.05, 0) is 12.3 Å². The molecule has 0 saturated heterocycles. The zero-order valence-corrected chi connectivity index (χ0v) is 10.5. The van der Waals surface area contributed by atoms with E-state index in [0.717, 1.165) is 6.42 Å². The lowest BCUT2D eigenvalue weighted by Crippen LogP contribution is -2.41. The first-order chi connectivity index (χ1) is 7.34. The van der Waals surface area contributed by atoms with E-state index in [1.165, 1.54) is 0 Å². The summed E-state index contributed by atoms with van der Waals surface area (Å²) in [4.78, 5) is 23.6. The monoisotopic (exact) mass is 230 g/mol. The third-order valence-electron chi connectivity index (χ3n) is 2.37. The summed E-state index contributed by atoms with van der Waals surface area (Å²) < 4.78 is 0. The molecule has 0 heterocycles. The van der Waals surface area contributed by atoms with E-state index >= 15 is 0 Å². The summed E-state index contributed by atoms with van der Waals surface area (Å²) in [7, 11) is 1.71. The molecular formula is C11H22N2O3. The Bertz CT molecular complexity index is 241. The Morgan fingerprint density at radius 3 is 2.31 bits per heavy atom. The van der Waals surface area contributed by atoms with E-state index in [1.807, 2.05) is 0 Å². The normalized spacial score (nSPS) is 12.3. The molecule has 0 radical (unpaired) electrons. The highest BCUT2D eigenvalue weighted by Crippen LogP contribution is 2.01. The SMILES string of the molecule is CC(C)CCN(C)C(=O)NCC(C)C(=O)O. The fourth-order valence-corrected chi connectivity index (χ4v) is 1.02. The molecule has 2 N–H and O–H groups in total. The Hall–Kier alpha value is -1.26. The quantitative estimate of drug-likeness (QED) is 0.724. The number of amides is 2. The first kappa shape index (κ1) is 14.7. The largest absolute Gasteiger partial charge is 0.481 e. The summed E-state index contributed by atoms with van der Waals surface area (Å²) in [6.45, 7) is 6.61. The van der Waals surface area contributed by atoms with Crippen molar-refractivity contribution < 1.29 is 14.7 Å². The van der Waals surface area contributed by atoms with Gasteiger partial charge in [-0.3, -0.25) is 4.79 Å². The van der Waals surface area contributed by atoms with Gasteiger partial charge in [-0.1, -0.05) is 20.8 Å². The third kappa shape index (κ3) is 6.27. The van der Waals surface area contributed by atoms with E-state index in [2.05, 4.69) is 19.2 Å². The highest BCUT2D eigenvalue weighted by atomic mass is 16.4. The van der Waals surface area contributed by atoms with Crippen LogP contribution in [0.15, 0.2) is 0 Å². The second-order valence-electron chi connectivity index (χ2n) is 4.53. The maximum absolute atomic E-state index is 11.5. The molecule has 0 aliphatic rings. The van der Waals surface area contributed by atoms with E-state index in [1.54, 1.807) is 18.9 Å². The molecule has 1 atom stereocenters. The van der Waals surface area contributed by atoms with Gasteiger partial charge in [0.1, 0.15) is 0 Å². The second kappa shape index (κ2) is 7.09. The number of hydrogen-bond acceptors (Lipinski definition) is 2. The molecule has 0 rings (SSSR count). The van der Waals surface area contributed by atoms with Crippen molar-refractivity contribution in [3.63, 3.8) is 0 Å². The van der Waals surface area contributed by atoms with Gasteiger partial charge in [0.15, 0.2) is 0 Å². The molecule has 1 unspecified atom stereocenters. The van der Waals surface area contributed by atoms with Gasteiger partial charge in [-0.15, -0.1) is 0 Å². The maximum Gasteiger partial charge on any atom is 0.317 e. The lowest BCUT2D eigenvalue weighted by atomic mass is 10.1. The number of aliphatic carboxylic acids is 1. The van der Waals surface area contributed by atoms with Crippen molar-refractivity contribution in [1.29, 1.82) is 0 Å². The molecule has 0 saturated carbocycles. The van der Waals surface area contributed by atoms with Crippen molar-refractivity contribution >= 4 is 12.0 Å². The van der Waals surface area contributed by atoms with Gasteiger partial charge >= 0.3 is 12.0 Å². The van der Waals surface area contributed by atoms with Crippen molar-refractivity contribution in [3.05, 3.63) is 0 Å². The zero-order chi connectivity index (χ0) is 12.7. The Morgan fingerprint density at radius 2 is 1.88 bits per heavy atom. The van der Waals surface area contributed by atoms with Crippen LogP contribution >= 0.6 is 0 Å². The predicted molar refractivity (Wildman–Crippen MR) is 62.3 cm³/mol. The van der Waals surface area contributed by atoms with Crippen LogP contribution < -0.4 is 5.32 Å². The molecular weight excluding hydrogens is 208 g/mol. The highest BCUT2D eigenvalue weighted by molar-refractivity contribution is 5.75. The van der Waals surface area contributed by atoms with Gasteiger partial charge in [0.25, 0.3) is 0 Å². The second-order valence-corrected chi connectivity index (χ2v) is 4.53. The number of rotatable bonds is 6.